The van der Waals surface area contributed by atoms with Gasteiger partial charge in [0.1, 0.15) is 5.54 Å². The maximum atomic E-state index is 12.2. The van der Waals surface area contributed by atoms with E-state index < -0.39 is 17.5 Å². The number of carboxylic acid groups (broad SMARTS) is 1. The first-order valence-corrected chi connectivity index (χ1v) is 6.66. The van der Waals surface area contributed by atoms with E-state index in [0.717, 1.165) is 5.56 Å². The van der Waals surface area contributed by atoms with Gasteiger partial charge in [-0.2, -0.15) is 0 Å². The highest BCUT2D eigenvalue weighted by atomic mass is 35.5. The standard InChI is InChI=1S/C14H19ClN2O3/c1-5-17(14(3,4)12(18)19)13(20)16-11-7-6-9(2)8-10(11)15/h6-8H,5H2,1-4H3,(H,16,20)(H,18,19). The van der Waals surface area contributed by atoms with E-state index in [2.05, 4.69) is 5.32 Å². The molecule has 2 N–H and O–H groups in total. The first-order chi connectivity index (χ1) is 9.20. The van der Waals surface area contributed by atoms with Crippen molar-refractivity contribution in [2.75, 3.05) is 11.9 Å². The van der Waals surface area contributed by atoms with Crippen LogP contribution in [0.15, 0.2) is 18.2 Å². The number of carbonyl (C=O) groups is 2. The lowest BCUT2D eigenvalue weighted by Gasteiger charge is -2.34. The number of halogens is 1. The minimum Gasteiger partial charge on any atom is -0.480 e. The Bertz CT molecular complexity index is 529. The van der Waals surface area contributed by atoms with Crippen molar-refractivity contribution >= 4 is 29.3 Å². The van der Waals surface area contributed by atoms with Gasteiger partial charge in [0.25, 0.3) is 0 Å². The number of carboxylic acids is 1. The molecule has 0 radical (unpaired) electrons. The number of carbonyl (C=O) groups excluding carboxylic acids is 1. The van der Waals surface area contributed by atoms with Crippen LogP contribution in [0.4, 0.5) is 10.5 Å². The third-order valence-corrected chi connectivity index (χ3v) is 3.44. The second-order valence-corrected chi connectivity index (χ2v) is 5.43. The predicted octanol–water partition coefficient (Wildman–Crippen LogP) is 3.37. The van der Waals surface area contributed by atoms with Crippen molar-refractivity contribution in [2.45, 2.75) is 33.2 Å². The zero-order chi connectivity index (χ0) is 15.5. The summed E-state index contributed by atoms with van der Waals surface area (Å²) in [5.41, 5.74) is 0.142. The van der Waals surface area contributed by atoms with Crippen molar-refractivity contribution < 1.29 is 14.7 Å². The highest BCUT2D eigenvalue weighted by molar-refractivity contribution is 6.33. The quantitative estimate of drug-likeness (QED) is 0.895. The van der Waals surface area contributed by atoms with Crippen LogP contribution in [0.3, 0.4) is 0 Å². The van der Waals surface area contributed by atoms with E-state index in [1.165, 1.54) is 18.7 Å². The van der Waals surface area contributed by atoms with Crippen LogP contribution in [0.1, 0.15) is 26.3 Å². The molecule has 1 aromatic rings. The van der Waals surface area contributed by atoms with Crippen LogP contribution >= 0.6 is 11.6 Å². The smallest absolute Gasteiger partial charge is 0.329 e. The summed E-state index contributed by atoms with van der Waals surface area (Å²) in [6.45, 7) is 6.85. The van der Waals surface area contributed by atoms with Gasteiger partial charge in [-0.3, -0.25) is 0 Å². The fourth-order valence-electron chi connectivity index (χ4n) is 1.81. The third-order valence-electron chi connectivity index (χ3n) is 3.13. The molecule has 0 aliphatic heterocycles. The zero-order valence-corrected chi connectivity index (χ0v) is 12.8. The SMILES string of the molecule is CCN(C(=O)Nc1ccc(C)cc1Cl)C(C)(C)C(=O)O. The zero-order valence-electron chi connectivity index (χ0n) is 12.0. The van der Waals surface area contributed by atoms with Gasteiger partial charge < -0.3 is 15.3 Å². The number of nitrogens with zero attached hydrogens (tertiary/aromatic N) is 1. The highest BCUT2D eigenvalue weighted by Crippen LogP contribution is 2.24. The Labute approximate surface area is 123 Å². The van der Waals surface area contributed by atoms with E-state index in [-0.39, 0.29) is 6.54 Å². The monoisotopic (exact) mass is 298 g/mol. The topological polar surface area (TPSA) is 69.6 Å². The molecule has 5 nitrogen and oxygen atoms in total. The molecular formula is C14H19ClN2O3. The molecule has 0 aromatic heterocycles. The number of benzene rings is 1. The predicted molar refractivity (Wildman–Crippen MR) is 79.3 cm³/mol. The summed E-state index contributed by atoms with van der Waals surface area (Å²) < 4.78 is 0. The maximum Gasteiger partial charge on any atom is 0.329 e. The fourth-order valence-corrected chi connectivity index (χ4v) is 2.09. The molecule has 6 heteroatoms. The van der Waals surface area contributed by atoms with Gasteiger partial charge in [0.05, 0.1) is 10.7 Å². The molecule has 0 spiro atoms. The second kappa shape index (κ2) is 6.13. The van der Waals surface area contributed by atoms with Gasteiger partial charge in [-0.25, -0.2) is 9.59 Å². The van der Waals surface area contributed by atoms with Crippen molar-refractivity contribution in [3.05, 3.63) is 28.8 Å². The van der Waals surface area contributed by atoms with Crippen molar-refractivity contribution in [3.63, 3.8) is 0 Å². The molecule has 1 aromatic carbocycles. The molecule has 0 saturated carbocycles. The van der Waals surface area contributed by atoms with E-state index in [9.17, 15) is 14.7 Å². The summed E-state index contributed by atoms with van der Waals surface area (Å²) in [6.07, 6.45) is 0. The number of aliphatic carboxylic acids is 1. The molecule has 2 amide bonds. The van der Waals surface area contributed by atoms with Gasteiger partial charge in [-0.15, -0.1) is 0 Å². The van der Waals surface area contributed by atoms with Crippen LogP contribution in [0.2, 0.25) is 5.02 Å². The Hall–Kier alpha value is -1.75. The highest BCUT2D eigenvalue weighted by Gasteiger charge is 2.37. The van der Waals surface area contributed by atoms with Crippen molar-refractivity contribution in [1.29, 1.82) is 0 Å². The molecule has 0 heterocycles. The lowest BCUT2D eigenvalue weighted by molar-refractivity contribution is -0.147. The number of urea groups is 1. The second-order valence-electron chi connectivity index (χ2n) is 5.02. The van der Waals surface area contributed by atoms with Gasteiger partial charge in [-0.05, 0) is 45.4 Å². The van der Waals surface area contributed by atoms with Crippen LogP contribution in [-0.2, 0) is 4.79 Å². The van der Waals surface area contributed by atoms with Crippen LogP contribution in [0.5, 0.6) is 0 Å². The molecule has 0 saturated heterocycles. The average Bonchev–Trinajstić information content (AvgIpc) is 2.33. The number of nitrogens with one attached hydrogen (secondary N) is 1. The number of anilines is 1. The Morgan fingerprint density at radius 1 is 1.40 bits per heavy atom. The van der Waals surface area contributed by atoms with Crippen molar-refractivity contribution in [3.8, 4) is 0 Å². The molecule has 0 aliphatic rings. The number of amides is 2. The summed E-state index contributed by atoms with van der Waals surface area (Å²) >= 11 is 6.05. The summed E-state index contributed by atoms with van der Waals surface area (Å²) in [6, 6.07) is 4.75. The molecule has 20 heavy (non-hydrogen) atoms. The van der Waals surface area contributed by atoms with Gasteiger partial charge in [0.2, 0.25) is 0 Å². The minimum absolute atomic E-state index is 0.272. The summed E-state index contributed by atoms with van der Waals surface area (Å²) in [7, 11) is 0. The normalized spacial score (nSPS) is 11.1. The number of hydrogen-bond donors (Lipinski definition) is 2. The van der Waals surface area contributed by atoms with Crippen LogP contribution in [0.25, 0.3) is 0 Å². The number of rotatable bonds is 4. The number of hydrogen-bond acceptors (Lipinski definition) is 2. The lowest BCUT2D eigenvalue weighted by atomic mass is 10.0. The van der Waals surface area contributed by atoms with E-state index in [0.29, 0.717) is 10.7 Å². The van der Waals surface area contributed by atoms with E-state index in [4.69, 9.17) is 11.6 Å². The number of likely N-dealkylation sites (N-methyl/N-ethyl adjacent to an activating group) is 1. The number of aryl methyl sites for hydroxylation is 1. The Morgan fingerprint density at radius 3 is 2.45 bits per heavy atom. The molecule has 0 fully saturated rings. The maximum absolute atomic E-state index is 12.2. The molecule has 0 atom stereocenters. The van der Waals surface area contributed by atoms with Gasteiger partial charge in [0.15, 0.2) is 0 Å². The molecule has 0 bridgehead atoms. The van der Waals surface area contributed by atoms with E-state index in [1.807, 2.05) is 13.0 Å². The summed E-state index contributed by atoms with van der Waals surface area (Å²) in [5, 5.41) is 12.3. The first-order valence-electron chi connectivity index (χ1n) is 6.28. The molecule has 110 valence electrons. The van der Waals surface area contributed by atoms with Crippen LogP contribution in [-0.4, -0.2) is 34.1 Å². The average molecular weight is 299 g/mol. The largest absolute Gasteiger partial charge is 0.480 e. The van der Waals surface area contributed by atoms with Gasteiger partial charge in [0, 0.05) is 6.54 Å². The fraction of sp³-hybridized carbons (Fsp3) is 0.429. The van der Waals surface area contributed by atoms with Crippen molar-refractivity contribution in [2.24, 2.45) is 0 Å². The van der Waals surface area contributed by atoms with Gasteiger partial charge >= 0.3 is 12.0 Å². The van der Waals surface area contributed by atoms with Crippen LogP contribution in [0, 0.1) is 6.92 Å². The molecule has 0 unspecified atom stereocenters. The Kier molecular flexibility index (Phi) is 5.00. The van der Waals surface area contributed by atoms with E-state index >= 15 is 0 Å². The summed E-state index contributed by atoms with van der Waals surface area (Å²) in [5.74, 6) is -1.07. The minimum atomic E-state index is -1.30. The first kappa shape index (κ1) is 16.3. The Balaban J connectivity index is 2.96. The van der Waals surface area contributed by atoms with Crippen LogP contribution < -0.4 is 5.32 Å². The summed E-state index contributed by atoms with van der Waals surface area (Å²) in [4.78, 5) is 24.7. The molecular weight excluding hydrogens is 280 g/mol. The Morgan fingerprint density at radius 2 is 2.00 bits per heavy atom. The third kappa shape index (κ3) is 3.42. The van der Waals surface area contributed by atoms with Gasteiger partial charge in [-0.1, -0.05) is 17.7 Å². The molecule has 1 rings (SSSR count). The lowest BCUT2D eigenvalue weighted by Crippen LogP contribution is -2.54. The molecule has 0 aliphatic carbocycles. The van der Waals surface area contributed by atoms with Crippen molar-refractivity contribution in [1.82, 2.24) is 4.90 Å². The van der Waals surface area contributed by atoms with E-state index in [1.54, 1.807) is 19.1 Å².